The van der Waals surface area contributed by atoms with Crippen LogP contribution in [0.4, 0.5) is 0 Å². The molecule has 0 unspecified atom stereocenters. The molecule has 1 heterocycles. The fourth-order valence-electron chi connectivity index (χ4n) is 2.01. The first-order valence-corrected chi connectivity index (χ1v) is 4.64. The van der Waals surface area contributed by atoms with Crippen LogP contribution in [0.3, 0.4) is 0 Å². The average Bonchev–Trinajstić information content (AvgIpc) is 2.65. The van der Waals surface area contributed by atoms with Crippen LogP contribution in [0.5, 0.6) is 0 Å². The first-order valence-electron chi connectivity index (χ1n) is 4.64. The first-order chi connectivity index (χ1) is 5.86. The Hall–Kier alpha value is -0.760. The summed E-state index contributed by atoms with van der Waals surface area (Å²) in [6.07, 6.45) is 6.49. The molecule has 1 aromatic rings. The van der Waals surface area contributed by atoms with Gasteiger partial charge in [-0.05, 0) is 30.9 Å². The van der Waals surface area contributed by atoms with Gasteiger partial charge in [-0.1, -0.05) is 6.42 Å². The molecule has 66 valence electrons. The largest absolute Gasteiger partial charge is 0.469 e. The smallest absolute Gasteiger partial charge is 0.104 e. The van der Waals surface area contributed by atoms with Crippen molar-refractivity contribution in [1.29, 1.82) is 0 Å². The van der Waals surface area contributed by atoms with E-state index in [0.717, 1.165) is 12.2 Å². The number of nitrogens with two attached hydrogens (primary N) is 1. The van der Waals surface area contributed by atoms with Gasteiger partial charge in [-0.2, -0.15) is 0 Å². The average molecular weight is 165 g/mol. The fraction of sp³-hybridized carbons (Fsp3) is 0.600. The van der Waals surface area contributed by atoms with Crippen molar-refractivity contribution in [3.05, 3.63) is 24.2 Å². The Morgan fingerprint density at radius 1 is 1.50 bits per heavy atom. The molecule has 2 N–H and O–H groups in total. The van der Waals surface area contributed by atoms with Gasteiger partial charge in [-0.3, -0.25) is 0 Å². The van der Waals surface area contributed by atoms with Gasteiger partial charge in [-0.25, -0.2) is 0 Å². The summed E-state index contributed by atoms with van der Waals surface area (Å²) in [5.74, 6) is 1.73. The van der Waals surface area contributed by atoms with Crippen LogP contribution in [-0.4, -0.2) is 6.04 Å². The van der Waals surface area contributed by atoms with Gasteiger partial charge in [0, 0.05) is 12.5 Å². The predicted octanol–water partition coefficient (Wildman–Crippen LogP) is 1.95. The lowest BCUT2D eigenvalue weighted by atomic mass is 9.99. The Morgan fingerprint density at radius 2 is 2.42 bits per heavy atom. The van der Waals surface area contributed by atoms with E-state index < -0.39 is 0 Å². The standard InChI is InChI=1S/C10H15NO/c11-10-5-1-3-8(10)7-9-4-2-6-12-9/h2,4,6,8,10H,1,3,5,7,11H2/t8-,10-/m1/s1. The summed E-state index contributed by atoms with van der Waals surface area (Å²) >= 11 is 0. The summed E-state index contributed by atoms with van der Waals surface area (Å²) < 4.78 is 5.29. The molecular formula is C10H15NO. The molecule has 0 radical (unpaired) electrons. The van der Waals surface area contributed by atoms with Gasteiger partial charge < -0.3 is 10.2 Å². The van der Waals surface area contributed by atoms with Gasteiger partial charge in [0.25, 0.3) is 0 Å². The van der Waals surface area contributed by atoms with Crippen molar-refractivity contribution in [3.63, 3.8) is 0 Å². The maximum absolute atomic E-state index is 5.95. The van der Waals surface area contributed by atoms with Crippen LogP contribution in [0.2, 0.25) is 0 Å². The SMILES string of the molecule is N[C@@H]1CCC[C@@H]1Cc1ccco1. The second kappa shape index (κ2) is 3.31. The van der Waals surface area contributed by atoms with E-state index in [9.17, 15) is 0 Å². The highest BCUT2D eigenvalue weighted by molar-refractivity contribution is 5.01. The maximum Gasteiger partial charge on any atom is 0.104 e. The minimum Gasteiger partial charge on any atom is -0.469 e. The van der Waals surface area contributed by atoms with Crippen molar-refractivity contribution >= 4 is 0 Å². The highest BCUT2D eigenvalue weighted by atomic mass is 16.3. The van der Waals surface area contributed by atoms with E-state index in [1.54, 1.807) is 6.26 Å². The summed E-state index contributed by atoms with van der Waals surface area (Å²) in [4.78, 5) is 0. The number of hydrogen-bond acceptors (Lipinski definition) is 2. The van der Waals surface area contributed by atoms with E-state index in [-0.39, 0.29) is 0 Å². The molecule has 1 fully saturated rings. The Bertz CT molecular complexity index is 230. The van der Waals surface area contributed by atoms with E-state index in [0.29, 0.717) is 12.0 Å². The lowest BCUT2D eigenvalue weighted by Gasteiger charge is -2.12. The minimum atomic E-state index is 0.398. The lowest BCUT2D eigenvalue weighted by Crippen LogP contribution is -2.25. The van der Waals surface area contributed by atoms with E-state index >= 15 is 0 Å². The third kappa shape index (κ3) is 1.53. The van der Waals surface area contributed by atoms with E-state index in [1.807, 2.05) is 12.1 Å². The van der Waals surface area contributed by atoms with Gasteiger partial charge in [0.1, 0.15) is 5.76 Å². The summed E-state index contributed by atoms with van der Waals surface area (Å²) in [7, 11) is 0. The Labute approximate surface area is 72.7 Å². The van der Waals surface area contributed by atoms with Crippen LogP contribution < -0.4 is 5.73 Å². The zero-order valence-corrected chi connectivity index (χ0v) is 7.20. The van der Waals surface area contributed by atoms with Crippen LogP contribution in [0.15, 0.2) is 22.8 Å². The van der Waals surface area contributed by atoms with E-state index in [2.05, 4.69) is 0 Å². The lowest BCUT2D eigenvalue weighted by molar-refractivity contribution is 0.415. The molecule has 0 spiro atoms. The molecule has 2 heteroatoms. The summed E-state index contributed by atoms with van der Waals surface area (Å²) in [5.41, 5.74) is 5.95. The van der Waals surface area contributed by atoms with Gasteiger partial charge in [0.15, 0.2) is 0 Å². The van der Waals surface area contributed by atoms with Gasteiger partial charge >= 0.3 is 0 Å². The van der Waals surface area contributed by atoms with Crippen molar-refractivity contribution in [2.75, 3.05) is 0 Å². The second-order valence-electron chi connectivity index (χ2n) is 3.64. The molecule has 0 aliphatic heterocycles. The highest BCUT2D eigenvalue weighted by Crippen LogP contribution is 2.27. The van der Waals surface area contributed by atoms with Crippen molar-refractivity contribution in [2.24, 2.45) is 11.7 Å². The molecule has 2 rings (SSSR count). The molecule has 2 nitrogen and oxygen atoms in total. The third-order valence-corrected chi connectivity index (χ3v) is 2.76. The normalized spacial score (nSPS) is 29.4. The number of furan rings is 1. The van der Waals surface area contributed by atoms with Crippen molar-refractivity contribution in [2.45, 2.75) is 31.7 Å². The van der Waals surface area contributed by atoms with E-state index in [4.69, 9.17) is 10.2 Å². The number of rotatable bonds is 2. The molecule has 0 bridgehead atoms. The zero-order chi connectivity index (χ0) is 8.39. The fourth-order valence-corrected chi connectivity index (χ4v) is 2.01. The predicted molar refractivity (Wildman–Crippen MR) is 47.7 cm³/mol. The molecule has 1 aliphatic carbocycles. The van der Waals surface area contributed by atoms with Crippen LogP contribution in [0, 0.1) is 5.92 Å². The van der Waals surface area contributed by atoms with Crippen LogP contribution in [-0.2, 0) is 6.42 Å². The van der Waals surface area contributed by atoms with Crippen LogP contribution in [0.1, 0.15) is 25.0 Å². The molecule has 1 aliphatic rings. The molecule has 0 saturated heterocycles. The van der Waals surface area contributed by atoms with Crippen molar-refractivity contribution in [1.82, 2.24) is 0 Å². The Balaban J connectivity index is 1.95. The maximum atomic E-state index is 5.95. The molecule has 0 amide bonds. The molecule has 1 saturated carbocycles. The van der Waals surface area contributed by atoms with Gasteiger partial charge in [0.05, 0.1) is 6.26 Å². The van der Waals surface area contributed by atoms with E-state index in [1.165, 1.54) is 19.3 Å². The van der Waals surface area contributed by atoms with Gasteiger partial charge in [-0.15, -0.1) is 0 Å². The molecular weight excluding hydrogens is 150 g/mol. The first kappa shape index (κ1) is 7.87. The van der Waals surface area contributed by atoms with Crippen molar-refractivity contribution in [3.8, 4) is 0 Å². The minimum absolute atomic E-state index is 0.398. The molecule has 0 aromatic carbocycles. The van der Waals surface area contributed by atoms with Crippen LogP contribution in [0.25, 0.3) is 0 Å². The number of hydrogen-bond donors (Lipinski definition) is 1. The third-order valence-electron chi connectivity index (χ3n) is 2.76. The quantitative estimate of drug-likeness (QED) is 0.727. The van der Waals surface area contributed by atoms with Gasteiger partial charge in [0.2, 0.25) is 0 Å². The summed E-state index contributed by atoms with van der Waals surface area (Å²) in [5, 5.41) is 0. The highest BCUT2D eigenvalue weighted by Gasteiger charge is 2.24. The Kier molecular flexibility index (Phi) is 2.17. The summed E-state index contributed by atoms with van der Waals surface area (Å²) in [6.45, 7) is 0. The monoisotopic (exact) mass is 165 g/mol. The van der Waals surface area contributed by atoms with Crippen molar-refractivity contribution < 1.29 is 4.42 Å². The zero-order valence-electron chi connectivity index (χ0n) is 7.20. The summed E-state index contributed by atoms with van der Waals surface area (Å²) in [6, 6.07) is 4.37. The molecule has 1 aromatic heterocycles. The molecule has 2 atom stereocenters. The topological polar surface area (TPSA) is 39.2 Å². The molecule has 12 heavy (non-hydrogen) atoms. The second-order valence-corrected chi connectivity index (χ2v) is 3.64. The van der Waals surface area contributed by atoms with Crippen LogP contribution >= 0.6 is 0 Å². The Morgan fingerprint density at radius 3 is 3.00 bits per heavy atom.